The summed E-state index contributed by atoms with van der Waals surface area (Å²) in [5.41, 5.74) is 4.70. The van der Waals surface area contributed by atoms with Gasteiger partial charge >= 0.3 is 12.1 Å². The van der Waals surface area contributed by atoms with E-state index >= 15 is 0 Å². The van der Waals surface area contributed by atoms with E-state index in [-0.39, 0.29) is 37.3 Å². The van der Waals surface area contributed by atoms with Crippen molar-refractivity contribution in [3.05, 3.63) is 59.7 Å². The molecule has 0 radical (unpaired) electrons. The number of hydrogen-bond donors (Lipinski definition) is 2. The number of ether oxygens (including phenoxy) is 1. The number of carboxylic acids is 1. The number of alkyl carbamates (subject to hydrolysis) is 1. The Bertz CT molecular complexity index is 1000. The van der Waals surface area contributed by atoms with Crippen LogP contribution in [0.1, 0.15) is 49.7 Å². The Morgan fingerprint density at radius 2 is 1.68 bits per heavy atom. The van der Waals surface area contributed by atoms with Gasteiger partial charge in [-0.25, -0.2) is 4.79 Å². The number of benzene rings is 2. The fourth-order valence-corrected chi connectivity index (χ4v) is 4.63. The van der Waals surface area contributed by atoms with Crippen LogP contribution >= 0.6 is 0 Å². The van der Waals surface area contributed by atoms with E-state index in [0.717, 1.165) is 12.8 Å². The number of carbonyl (C=O) groups excluding carboxylic acids is 2. The molecule has 2 amide bonds. The van der Waals surface area contributed by atoms with E-state index in [1.807, 2.05) is 31.2 Å². The number of carbonyl (C=O) groups is 3. The standard InChI is InChI=1S/C27H32N2O5/c1-18(14-25(30)29(16-26(31)32)15-19-10-11-19)12-13-28-27(33)34-17-24-22-8-4-2-6-20(22)21-7-3-5-9-23(21)24/h2-9,18-19,24H,10-17H2,1H3,(H,28,33)(H,31,32). The average molecular weight is 465 g/mol. The molecule has 2 aliphatic rings. The van der Waals surface area contributed by atoms with Gasteiger partial charge in [0.25, 0.3) is 0 Å². The van der Waals surface area contributed by atoms with Crippen LogP contribution in [0.5, 0.6) is 0 Å². The van der Waals surface area contributed by atoms with Crippen molar-refractivity contribution in [1.29, 1.82) is 0 Å². The summed E-state index contributed by atoms with van der Waals surface area (Å²) in [7, 11) is 0. The maximum atomic E-state index is 12.6. The maximum Gasteiger partial charge on any atom is 0.407 e. The van der Waals surface area contributed by atoms with E-state index in [4.69, 9.17) is 9.84 Å². The smallest absolute Gasteiger partial charge is 0.407 e. The summed E-state index contributed by atoms with van der Waals surface area (Å²) in [6.45, 7) is 2.87. The Kier molecular flexibility index (Phi) is 7.50. The van der Waals surface area contributed by atoms with Crippen molar-refractivity contribution >= 4 is 18.0 Å². The fraction of sp³-hybridized carbons (Fsp3) is 0.444. The lowest BCUT2D eigenvalue weighted by Crippen LogP contribution is -2.38. The minimum Gasteiger partial charge on any atom is -0.480 e. The molecule has 1 unspecified atom stereocenters. The first-order valence-electron chi connectivity index (χ1n) is 12.0. The van der Waals surface area contributed by atoms with Crippen LogP contribution in [0.4, 0.5) is 4.79 Å². The first-order valence-corrected chi connectivity index (χ1v) is 12.0. The van der Waals surface area contributed by atoms with Crippen molar-refractivity contribution in [2.45, 2.75) is 38.5 Å². The summed E-state index contributed by atoms with van der Waals surface area (Å²) in [6.07, 6.45) is 2.53. The van der Waals surface area contributed by atoms with Crippen LogP contribution in [0.25, 0.3) is 11.1 Å². The lowest BCUT2D eigenvalue weighted by Gasteiger charge is -2.22. The van der Waals surface area contributed by atoms with Crippen molar-refractivity contribution in [3.8, 4) is 11.1 Å². The van der Waals surface area contributed by atoms with Crippen LogP contribution in [0, 0.1) is 11.8 Å². The molecule has 7 nitrogen and oxygen atoms in total. The Morgan fingerprint density at radius 3 is 2.26 bits per heavy atom. The highest BCUT2D eigenvalue weighted by molar-refractivity contribution is 5.81. The SMILES string of the molecule is CC(CCNC(=O)OCC1c2ccccc2-c2ccccc21)CC(=O)N(CC(=O)O)CC1CC1. The van der Waals surface area contributed by atoms with Gasteiger partial charge in [0.05, 0.1) is 0 Å². The van der Waals surface area contributed by atoms with Crippen LogP contribution in [-0.2, 0) is 14.3 Å². The van der Waals surface area contributed by atoms with Gasteiger partial charge in [-0.3, -0.25) is 9.59 Å². The van der Waals surface area contributed by atoms with Crippen molar-refractivity contribution in [1.82, 2.24) is 10.2 Å². The molecule has 0 spiro atoms. The van der Waals surface area contributed by atoms with E-state index < -0.39 is 12.1 Å². The monoisotopic (exact) mass is 464 g/mol. The van der Waals surface area contributed by atoms with Crippen LogP contribution in [0.3, 0.4) is 0 Å². The molecule has 2 aromatic rings. The van der Waals surface area contributed by atoms with Gasteiger partial charge in [-0.15, -0.1) is 0 Å². The second-order valence-electron chi connectivity index (χ2n) is 9.46. The molecule has 0 aromatic heterocycles. The highest BCUT2D eigenvalue weighted by Gasteiger charge is 2.30. The summed E-state index contributed by atoms with van der Waals surface area (Å²) in [5.74, 6) is -0.645. The van der Waals surface area contributed by atoms with Crippen LogP contribution in [0.2, 0.25) is 0 Å². The minimum absolute atomic E-state index is 0.0152. The van der Waals surface area contributed by atoms with Gasteiger partial charge in [0, 0.05) is 25.4 Å². The van der Waals surface area contributed by atoms with Gasteiger partial charge < -0.3 is 20.1 Å². The Hall–Kier alpha value is -3.35. The molecule has 1 fully saturated rings. The predicted octanol–water partition coefficient (Wildman–Crippen LogP) is 4.26. The normalized spacial score (nSPS) is 15.2. The highest BCUT2D eigenvalue weighted by atomic mass is 16.5. The molecule has 4 rings (SSSR count). The topological polar surface area (TPSA) is 95.9 Å². The number of rotatable bonds is 11. The summed E-state index contributed by atoms with van der Waals surface area (Å²) in [4.78, 5) is 37.4. The predicted molar refractivity (Wildman–Crippen MR) is 128 cm³/mol. The fourth-order valence-electron chi connectivity index (χ4n) is 4.63. The molecular formula is C27H32N2O5. The van der Waals surface area contributed by atoms with Crippen molar-refractivity contribution in [3.63, 3.8) is 0 Å². The Morgan fingerprint density at radius 1 is 1.06 bits per heavy atom. The number of aliphatic carboxylic acids is 1. The van der Waals surface area contributed by atoms with E-state index in [1.165, 1.54) is 27.2 Å². The zero-order chi connectivity index (χ0) is 24.1. The average Bonchev–Trinajstić information content (AvgIpc) is 3.57. The van der Waals surface area contributed by atoms with Gasteiger partial charge in [-0.1, -0.05) is 55.5 Å². The third-order valence-electron chi connectivity index (χ3n) is 6.63. The van der Waals surface area contributed by atoms with Crippen LogP contribution in [-0.4, -0.2) is 54.2 Å². The zero-order valence-corrected chi connectivity index (χ0v) is 19.5. The molecule has 2 N–H and O–H groups in total. The van der Waals surface area contributed by atoms with Crippen molar-refractivity contribution in [2.24, 2.45) is 11.8 Å². The molecular weight excluding hydrogens is 432 g/mol. The summed E-state index contributed by atoms with van der Waals surface area (Å²) < 4.78 is 5.54. The van der Waals surface area contributed by atoms with Crippen molar-refractivity contribution < 1.29 is 24.2 Å². The van der Waals surface area contributed by atoms with Crippen LogP contribution < -0.4 is 5.32 Å². The molecule has 180 valence electrons. The third-order valence-corrected chi connectivity index (χ3v) is 6.63. The number of amides is 2. The number of fused-ring (bicyclic) bond motifs is 3. The molecule has 1 saturated carbocycles. The first kappa shape index (κ1) is 23.8. The van der Waals surface area contributed by atoms with Gasteiger partial charge in [0.1, 0.15) is 13.2 Å². The van der Waals surface area contributed by atoms with Gasteiger partial charge in [-0.2, -0.15) is 0 Å². The number of carboxylic acid groups (broad SMARTS) is 1. The van der Waals surface area contributed by atoms with E-state index in [0.29, 0.717) is 25.4 Å². The number of nitrogens with one attached hydrogen (secondary N) is 1. The molecule has 2 aromatic carbocycles. The summed E-state index contributed by atoms with van der Waals surface area (Å²) >= 11 is 0. The van der Waals surface area contributed by atoms with Gasteiger partial charge in [-0.05, 0) is 53.4 Å². The maximum absolute atomic E-state index is 12.6. The van der Waals surface area contributed by atoms with E-state index in [9.17, 15) is 14.4 Å². The lowest BCUT2D eigenvalue weighted by molar-refractivity contribution is -0.145. The molecule has 0 saturated heterocycles. The quantitative estimate of drug-likeness (QED) is 0.518. The lowest BCUT2D eigenvalue weighted by atomic mass is 9.98. The van der Waals surface area contributed by atoms with E-state index in [1.54, 1.807) is 0 Å². The third kappa shape index (κ3) is 5.95. The largest absolute Gasteiger partial charge is 0.480 e. The minimum atomic E-state index is -0.987. The molecule has 34 heavy (non-hydrogen) atoms. The van der Waals surface area contributed by atoms with Gasteiger partial charge in [0.2, 0.25) is 5.91 Å². The molecule has 0 heterocycles. The Labute approximate surface area is 200 Å². The highest BCUT2D eigenvalue weighted by Crippen LogP contribution is 2.44. The van der Waals surface area contributed by atoms with Crippen LogP contribution in [0.15, 0.2) is 48.5 Å². The second kappa shape index (κ2) is 10.7. The summed E-state index contributed by atoms with van der Waals surface area (Å²) in [5, 5.41) is 11.9. The zero-order valence-electron chi connectivity index (χ0n) is 19.5. The van der Waals surface area contributed by atoms with E-state index in [2.05, 4.69) is 29.6 Å². The second-order valence-corrected chi connectivity index (χ2v) is 9.46. The van der Waals surface area contributed by atoms with Gasteiger partial charge in [0.15, 0.2) is 0 Å². The first-order chi connectivity index (χ1) is 16.4. The number of nitrogens with zero attached hydrogens (tertiary/aromatic N) is 1. The molecule has 7 heteroatoms. The van der Waals surface area contributed by atoms with Crippen molar-refractivity contribution in [2.75, 3.05) is 26.2 Å². The molecule has 1 atom stereocenters. The summed E-state index contributed by atoms with van der Waals surface area (Å²) in [6, 6.07) is 16.4. The Balaban J connectivity index is 1.21. The molecule has 2 aliphatic carbocycles. The molecule has 0 bridgehead atoms. The molecule has 0 aliphatic heterocycles. The number of hydrogen-bond acceptors (Lipinski definition) is 4.